The van der Waals surface area contributed by atoms with Gasteiger partial charge in [-0.25, -0.2) is 4.21 Å². The van der Waals surface area contributed by atoms with E-state index < -0.39 is 11.0 Å². The summed E-state index contributed by atoms with van der Waals surface area (Å²) in [5.74, 6) is 2.60. The number of benzene rings is 2. The molecule has 2 fully saturated rings. The van der Waals surface area contributed by atoms with Gasteiger partial charge in [0.1, 0.15) is 16.7 Å². The van der Waals surface area contributed by atoms with Crippen LogP contribution in [0, 0.1) is 23.7 Å². The molecule has 2 aromatic carbocycles. The van der Waals surface area contributed by atoms with E-state index in [1.54, 1.807) is 6.07 Å². The summed E-state index contributed by atoms with van der Waals surface area (Å²) < 4.78 is 27.4. The number of allylic oxidation sites excluding steroid dienone is 2. The number of nitrogens with one attached hydrogen (secondary N) is 1. The lowest BCUT2D eigenvalue weighted by Crippen LogP contribution is -2.42. The number of ether oxygens (including phenoxy) is 2. The number of halogens is 1. The first-order valence-corrected chi connectivity index (χ1v) is 20.9. The van der Waals surface area contributed by atoms with Crippen molar-refractivity contribution >= 4 is 34.2 Å². The second kappa shape index (κ2) is 20.7. The molecule has 0 spiro atoms. The number of anilines is 1. The minimum absolute atomic E-state index is 0.147. The predicted octanol–water partition coefficient (Wildman–Crippen LogP) is 7.65. The summed E-state index contributed by atoms with van der Waals surface area (Å²) in [6.07, 6.45) is 9.97. The van der Waals surface area contributed by atoms with Gasteiger partial charge in [0.2, 0.25) is 0 Å². The number of rotatable bonds is 5. The zero-order chi connectivity index (χ0) is 36.9. The Morgan fingerprint density at radius 3 is 2.49 bits per heavy atom. The third-order valence-corrected chi connectivity index (χ3v) is 12.7. The van der Waals surface area contributed by atoms with Gasteiger partial charge in [0.15, 0.2) is 0 Å². The number of carbonyl (C=O) groups is 1. The average Bonchev–Trinajstić information content (AvgIpc) is 3.30. The fraction of sp³-hybridized carbons (Fsp3) is 0.634. The SMILES string of the molecule is CC.CCCc1cc(Cl)ccc1C1COc2ccc3cc2N(C1)CC1CCC1C(C)/C=C/CC(C)C(C)S(=O)NC3=O.OCCN1CCOCC1. The third kappa shape index (κ3) is 11.3. The smallest absolute Gasteiger partial charge is 0.263 e. The van der Waals surface area contributed by atoms with Gasteiger partial charge in [-0.1, -0.05) is 70.9 Å². The Hall–Kier alpha value is -2.43. The van der Waals surface area contributed by atoms with Crippen LogP contribution in [0.25, 0.3) is 0 Å². The van der Waals surface area contributed by atoms with E-state index in [9.17, 15) is 9.00 Å². The van der Waals surface area contributed by atoms with Crippen LogP contribution in [0.15, 0.2) is 48.6 Å². The molecular formula is C41H62ClN3O5S. The Balaban J connectivity index is 0.000000457. The summed E-state index contributed by atoms with van der Waals surface area (Å²) >= 11 is 6.40. The molecule has 0 aromatic heterocycles. The molecule has 7 atom stereocenters. The van der Waals surface area contributed by atoms with E-state index >= 15 is 0 Å². The first-order chi connectivity index (χ1) is 24.7. The highest BCUT2D eigenvalue weighted by Gasteiger charge is 2.37. The molecule has 3 heterocycles. The Bertz CT molecular complexity index is 1450. The number of fused-ring (bicyclic) bond motifs is 2. The molecule has 7 unspecified atom stereocenters. The molecule has 10 heteroatoms. The van der Waals surface area contributed by atoms with Gasteiger partial charge in [0, 0.05) is 49.2 Å². The van der Waals surface area contributed by atoms with Crippen LogP contribution >= 0.6 is 11.6 Å². The molecule has 8 nitrogen and oxygen atoms in total. The summed E-state index contributed by atoms with van der Waals surface area (Å²) in [7, 11) is -1.47. The van der Waals surface area contributed by atoms with Crippen LogP contribution < -0.4 is 14.4 Å². The van der Waals surface area contributed by atoms with Gasteiger partial charge < -0.3 is 19.5 Å². The highest BCUT2D eigenvalue weighted by molar-refractivity contribution is 7.84. The van der Waals surface area contributed by atoms with Crippen molar-refractivity contribution in [3.8, 4) is 5.75 Å². The molecule has 284 valence electrons. The third-order valence-electron chi connectivity index (χ3n) is 10.9. The summed E-state index contributed by atoms with van der Waals surface area (Å²) in [5.41, 5.74) is 4.05. The molecule has 2 N–H and O–H groups in total. The molecule has 3 aliphatic heterocycles. The minimum atomic E-state index is -1.47. The largest absolute Gasteiger partial charge is 0.491 e. The minimum Gasteiger partial charge on any atom is -0.491 e. The molecule has 1 aliphatic carbocycles. The van der Waals surface area contributed by atoms with Gasteiger partial charge in [-0.3, -0.25) is 14.4 Å². The van der Waals surface area contributed by atoms with Crippen molar-refractivity contribution in [3.63, 3.8) is 0 Å². The van der Waals surface area contributed by atoms with Crippen LogP contribution in [0.2, 0.25) is 5.02 Å². The van der Waals surface area contributed by atoms with E-state index in [2.05, 4.69) is 59.6 Å². The van der Waals surface area contributed by atoms with Crippen molar-refractivity contribution in [1.82, 2.24) is 9.62 Å². The summed E-state index contributed by atoms with van der Waals surface area (Å²) in [4.78, 5) is 17.9. The van der Waals surface area contributed by atoms with E-state index in [-0.39, 0.29) is 29.6 Å². The fourth-order valence-corrected chi connectivity index (χ4v) is 8.73. The molecule has 2 bridgehead atoms. The number of nitrogens with zero attached hydrogens (tertiary/aromatic N) is 2. The van der Waals surface area contributed by atoms with E-state index in [0.29, 0.717) is 29.9 Å². The van der Waals surface area contributed by atoms with Gasteiger partial charge in [-0.05, 0) is 97.7 Å². The maximum atomic E-state index is 13.3. The van der Waals surface area contributed by atoms with Crippen LogP contribution in [0.3, 0.4) is 0 Å². The molecule has 1 amide bonds. The number of morpholine rings is 1. The molecule has 0 radical (unpaired) electrons. The molecule has 6 rings (SSSR count). The van der Waals surface area contributed by atoms with E-state index in [0.717, 1.165) is 81.7 Å². The second-order valence-corrected chi connectivity index (χ2v) is 16.3. The summed E-state index contributed by atoms with van der Waals surface area (Å²) in [5, 5.41) is 9.16. The van der Waals surface area contributed by atoms with Gasteiger partial charge in [0.05, 0.1) is 37.4 Å². The quantitative estimate of drug-likeness (QED) is 0.304. The Kier molecular flexibility index (Phi) is 16.8. The van der Waals surface area contributed by atoms with Crippen LogP contribution in [0.5, 0.6) is 5.75 Å². The second-order valence-electron chi connectivity index (χ2n) is 14.3. The Morgan fingerprint density at radius 1 is 1.04 bits per heavy atom. The van der Waals surface area contributed by atoms with Crippen LogP contribution in [0.4, 0.5) is 5.69 Å². The highest BCUT2D eigenvalue weighted by atomic mass is 35.5. The Morgan fingerprint density at radius 2 is 1.80 bits per heavy atom. The van der Waals surface area contributed by atoms with Gasteiger partial charge in [-0.2, -0.15) is 0 Å². The summed E-state index contributed by atoms with van der Waals surface area (Å²) in [6, 6.07) is 11.9. The number of aliphatic hydroxyl groups excluding tert-OH is 1. The molecular weight excluding hydrogens is 682 g/mol. The predicted molar refractivity (Wildman–Crippen MR) is 211 cm³/mol. The van der Waals surface area contributed by atoms with Crippen molar-refractivity contribution in [1.29, 1.82) is 0 Å². The monoisotopic (exact) mass is 743 g/mol. The van der Waals surface area contributed by atoms with Crippen LogP contribution in [-0.4, -0.2) is 84.5 Å². The number of carbonyl (C=O) groups excluding carboxylic acids is 1. The van der Waals surface area contributed by atoms with Crippen molar-refractivity contribution < 1.29 is 23.6 Å². The lowest BCUT2D eigenvalue weighted by molar-refractivity contribution is 0.0306. The van der Waals surface area contributed by atoms with E-state index in [4.69, 9.17) is 26.2 Å². The maximum Gasteiger partial charge on any atom is 0.263 e. The number of β-amino-alcohol motifs (C(OH)–C–C–N with tert-alkyl or cyclic N) is 1. The number of aliphatic hydroxyl groups is 1. The molecule has 2 aromatic rings. The maximum absolute atomic E-state index is 13.3. The highest BCUT2D eigenvalue weighted by Crippen LogP contribution is 2.44. The number of aryl methyl sites for hydroxylation is 1. The van der Waals surface area contributed by atoms with Gasteiger partial charge >= 0.3 is 0 Å². The van der Waals surface area contributed by atoms with E-state index in [1.807, 2.05) is 39.0 Å². The van der Waals surface area contributed by atoms with Gasteiger partial charge in [0.25, 0.3) is 5.91 Å². The van der Waals surface area contributed by atoms with Crippen LogP contribution in [-0.2, 0) is 22.1 Å². The lowest BCUT2D eigenvalue weighted by atomic mass is 9.67. The number of hydrogen-bond acceptors (Lipinski definition) is 7. The molecule has 51 heavy (non-hydrogen) atoms. The van der Waals surface area contributed by atoms with Crippen molar-refractivity contribution in [2.24, 2.45) is 23.7 Å². The number of amides is 1. The average molecular weight is 744 g/mol. The Labute approximate surface area is 314 Å². The molecule has 1 saturated carbocycles. The first kappa shape index (κ1) is 41.3. The summed E-state index contributed by atoms with van der Waals surface area (Å²) in [6.45, 7) is 19.6. The van der Waals surface area contributed by atoms with Crippen molar-refractivity contribution in [2.75, 3.05) is 64.1 Å². The standard InChI is InChI=1S/C33H43ClN2O3S.C6H13NO2.C2H6/c1-5-7-24-16-28(34)12-14-30(24)27-19-36-18-26-10-13-29(26)22(3)9-6-8-21(2)23(4)40(38)35-33(37)25-11-15-32(39-20-27)31(36)17-25;8-4-1-7-2-5-9-6-3-7;1-2/h6,9,11-12,14-17,21-23,26-27,29H,5,7-8,10,13,18-20H2,1-4H3,(H,35,37);8H,1-6H2;1-2H3/b9-6+;;. The zero-order valence-corrected chi connectivity index (χ0v) is 33.3. The van der Waals surface area contributed by atoms with Gasteiger partial charge in [-0.15, -0.1) is 0 Å². The fourth-order valence-electron chi connectivity index (χ4n) is 7.51. The number of hydrogen-bond donors (Lipinski definition) is 2. The normalized spacial score (nSPS) is 28.9. The topological polar surface area (TPSA) is 91.3 Å². The first-order valence-electron chi connectivity index (χ1n) is 19.3. The molecule has 1 saturated heterocycles. The lowest BCUT2D eigenvalue weighted by Gasteiger charge is -2.43. The van der Waals surface area contributed by atoms with Crippen molar-refractivity contribution in [3.05, 3.63) is 70.3 Å². The van der Waals surface area contributed by atoms with E-state index in [1.165, 1.54) is 24.0 Å². The van der Waals surface area contributed by atoms with Crippen molar-refractivity contribution in [2.45, 2.75) is 84.8 Å². The zero-order valence-electron chi connectivity index (χ0n) is 31.7. The van der Waals surface area contributed by atoms with Crippen LogP contribution in [0.1, 0.15) is 94.6 Å². The molecule has 4 aliphatic rings.